The molecule has 0 amide bonds. The number of benzene rings is 1. The summed E-state index contributed by atoms with van der Waals surface area (Å²) in [6.45, 7) is 10.1. The van der Waals surface area contributed by atoms with E-state index in [4.69, 9.17) is 9.47 Å². The Kier molecular flexibility index (Phi) is 6.32. The summed E-state index contributed by atoms with van der Waals surface area (Å²) in [6, 6.07) is 8.35. The van der Waals surface area contributed by atoms with E-state index in [1.165, 1.54) is 5.56 Å². The zero-order chi connectivity index (χ0) is 14.3. The lowest BCUT2D eigenvalue weighted by atomic mass is 9.91. The average molecular weight is 265 g/mol. The van der Waals surface area contributed by atoms with Crippen molar-refractivity contribution in [3.63, 3.8) is 0 Å². The molecule has 1 atom stereocenters. The first-order valence-electron chi connectivity index (χ1n) is 7.06. The van der Waals surface area contributed by atoms with Crippen molar-refractivity contribution in [3.05, 3.63) is 29.8 Å². The lowest BCUT2D eigenvalue weighted by Crippen LogP contribution is -2.42. The van der Waals surface area contributed by atoms with Gasteiger partial charge in [0.05, 0.1) is 18.8 Å². The second-order valence-electron chi connectivity index (χ2n) is 5.20. The van der Waals surface area contributed by atoms with Crippen molar-refractivity contribution in [1.82, 2.24) is 5.32 Å². The molecule has 0 radical (unpaired) electrons. The van der Waals surface area contributed by atoms with Crippen LogP contribution in [-0.4, -0.2) is 25.9 Å². The number of hydrogen-bond donors (Lipinski definition) is 1. The molecule has 0 aliphatic rings. The molecule has 1 N–H and O–H groups in total. The molecular weight excluding hydrogens is 238 g/mol. The molecule has 1 rings (SSSR count). The molecule has 0 spiro atoms. The highest BCUT2D eigenvalue weighted by Gasteiger charge is 2.31. The van der Waals surface area contributed by atoms with Crippen LogP contribution in [0.4, 0.5) is 0 Å². The first kappa shape index (κ1) is 16.0. The fourth-order valence-electron chi connectivity index (χ4n) is 2.33. The van der Waals surface area contributed by atoms with Gasteiger partial charge in [-0.3, -0.25) is 0 Å². The number of ether oxygens (including phenoxy) is 2. The second-order valence-corrected chi connectivity index (χ2v) is 5.20. The molecule has 1 aromatic carbocycles. The van der Waals surface area contributed by atoms with E-state index in [0.717, 1.165) is 18.7 Å². The maximum atomic E-state index is 5.91. The molecule has 3 heteroatoms. The summed E-state index contributed by atoms with van der Waals surface area (Å²) < 4.78 is 11.2. The fraction of sp³-hybridized carbons (Fsp3) is 0.625. The zero-order valence-corrected chi connectivity index (χ0v) is 12.8. The number of hydrogen-bond acceptors (Lipinski definition) is 3. The van der Waals surface area contributed by atoms with Crippen molar-refractivity contribution in [3.8, 4) is 5.75 Å². The van der Waals surface area contributed by atoms with Gasteiger partial charge in [0.15, 0.2) is 0 Å². The number of rotatable bonds is 8. The van der Waals surface area contributed by atoms with Gasteiger partial charge in [0.1, 0.15) is 5.75 Å². The topological polar surface area (TPSA) is 30.5 Å². The van der Waals surface area contributed by atoms with Gasteiger partial charge < -0.3 is 14.8 Å². The van der Waals surface area contributed by atoms with E-state index in [-0.39, 0.29) is 11.6 Å². The van der Waals surface area contributed by atoms with Crippen LogP contribution in [0.1, 0.15) is 45.7 Å². The monoisotopic (exact) mass is 265 g/mol. The Hall–Kier alpha value is -1.06. The van der Waals surface area contributed by atoms with Crippen molar-refractivity contribution in [2.45, 2.75) is 45.8 Å². The van der Waals surface area contributed by atoms with Crippen LogP contribution in [0.15, 0.2) is 24.3 Å². The quantitative estimate of drug-likeness (QED) is 0.779. The van der Waals surface area contributed by atoms with Crippen LogP contribution in [0.3, 0.4) is 0 Å². The molecule has 0 saturated heterocycles. The molecular formula is C16H27NO2. The highest BCUT2D eigenvalue weighted by atomic mass is 16.5. The molecule has 0 heterocycles. The van der Waals surface area contributed by atoms with Crippen molar-refractivity contribution < 1.29 is 9.47 Å². The van der Waals surface area contributed by atoms with E-state index >= 15 is 0 Å². The predicted octanol–water partition coefficient (Wildman–Crippen LogP) is 3.55. The Morgan fingerprint density at radius 2 is 2.00 bits per heavy atom. The average Bonchev–Trinajstić information content (AvgIpc) is 2.39. The first-order valence-corrected chi connectivity index (χ1v) is 7.06. The van der Waals surface area contributed by atoms with E-state index in [1.807, 2.05) is 19.1 Å². The van der Waals surface area contributed by atoms with Crippen molar-refractivity contribution in [2.75, 3.05) is 20.3 Å². The van der Waals surface area contributed by atoms with Gasteiger partial charge in [0.2, 0.25) is 0 Å². The third-order valence-electron chi connectivity index (χ3n) is 3.24. The molecule has 1 aromatic rings. The van der Waals surface area contributed by atoms with E-state index in [2.05, 4.69) is 38.2 Å². The molecule has 108 valence electrons. The van der Waals surface area contributed by atoms with Gasteiger partial charge in [0, 0.05) is 6.61 Å². The van der Waals surface area contributed by atoms with E-state index in [0.29, 0.717) is 6.61 Å². The SMILES string of the molecule is CCCNC(c1cccc(OC)c1)C(C)(C)OCC. The van der Waals surface area contributed by atoms with Crippen molar-refractivity contribution in [2.24, 2.45) is 0 Å². The standard InChI is InChI=1S/C16H27NO2/c1-6-11-17-15(16(3,4)19-7-2)13-9-8-10-14(12-13)18-5/h8-10,12,15,17H,6-7,11H2,1-5H3. The molecule has 0 bridgehead atoms. The molecule has 3 nitrogen and oxygen atoms in total. The van der Waals surface area contributed by atoms with Crippen LogP contribution in [0, 0.1) is 0 Å². The molecule has 0 aliphatic carbocycles. The first-order chi connectivity index (χ1) is 9.05. The van der Waals surface area contributed by atoms with E-state index in [1.54, 1.807) is 7.11 Å². The van der Waals surface area contributed by atoms with Crippen LogP contribution in [0.5, 0.6) is 5.75 Å². The van der Waals surface area contributed by atoms with Crippen molar-refractivity contribution in [1.29, 1.82) is 0 Å². The number of nitrogens with one attached hydrogen (secondary N) is 1. The third-order valence-corrected chi connectivity index (χ3v) is 3.24. The minimum absolute atomic E-state index is 0.155. The molecule has 1 unspecified atom stereocenters. The Bertz CT molecular complexity index is 377. The summed E-state index contributed by atoms with van der Waals surface area (Å²) in [4.78, 5) is 0. The summed E-state index contributed by atoms with van der Waals surface area (Å²) in [6.07, 6.45) is 1.10. The van der Waals surface area contributed by atoms with Crippen LogP contribution in [0.2, 0.25) is 0 Å². The molecule has 0 fully saturated rings. The van der Waals surface area contributed by atoms with Gasteiger partial charge >= 0.3 is 0 Å². The molecule has 0 aliphatic heterocycles. The maximum Gasteiger partial charge on any atom is 0.119 e. The number of methoxy groups -OCH3 is 1. The Morgan fingerprint density at radius 3 is 2.58 bits per heavy atom. The Balaban J connectivity index is 3.00. The van der Waals surface area contributed by atoms with E-state index < -0.39 is 0 Å². The summed E-state index contributed by atoms with van der Waals surface area (Å²) in [5.74, 6) is 0.882. The highest BCUT2D eigenvalue weighted by molar-refractivity contribution is 5.31. The predicted molar refractivity (Wildman–Crippen MR) is 79.7 cm³/mol. The van der Waals surface area contributed by atoms with Gasteiger partial charge in [-0.1, -0.05) is 19.1 Å². The smallest absolute Gasteiger partial charge is 0.119 e. The second kappa shape index (κ2) is 7.51. The summed E-state index contributed by atoms with van der Waals surface area (Å²) in [5, 5.41) is 3.58. The fourth-order valence-corrected chi connectivity index (χ4v) is 2.33. The van der Waals surface area contributed by atoms with Crippen LogP contribution in [-0.2, 0) is 4.74 Å². The van der Waals surface area contributed by atoms with E-state index in [9.17, 15) is 0 Å². The Morgan fingerprint density at radius 1 is 1.26 bits per heavy atom. The van der Waals surface area contributed by atoms with Gasteiger partial charge in [0.25, 0.3) is 0 Å². The van der Waals surface area contributed by atoms with Crippen LogP contribution >= 0.6 is 0 Å². The normalized spacial score (nSPS) is 13.3. The minimum Gasteiger partial charge on any atom is -0.497 e. The molecule has 0 aromatic heterocycles. The van der Waals surface area contributed by atoms with Crippen LogP contribution < -0.4 is 10.1 Å². The third kappa shape index (κ3) is 4.51. The lowest BCUT2D eigenvalue weighted by molar-refractivity contribution is -0.0392. The maximum absolute atomic E-state index is 5.91. The largest absolute Gasteiger partial charge is 0.497 e. The zero-order valence-electron chi connectivity index (χ0n) is 12.8. The molecule has 0 saturated carbocycles. The Labute approximate surface area is 117 Å². The summed E-state index contributed by atoms with van der Waals surface area (Å²) >= 11 is 0. The van der Waals surface area contributed by atoms with Gasteiger partial charge in [-0.2, -0.15) is 0 Å². The van der Waals surface area contributed by atoms with Crippen molar-refractivity contribution >= 4 is 0 Å². The highest BCUT2D eigenvalue weighted by Crippen LogP contribution is 2.30. The van der Waals surface area contributed by atoms with Crippen LogP contribution in [0.25, 0.3) is 0 Å². The lowest BCUT2D eigenvalue weighted by Gasteiger charge is -2.35. The van der Waals surface area contributed by atoms with Gasteiger partial charge in [-0.15, -0.1) is 0 Å². The van der Waals surface area contributed by atoms with Gasteiger partial charge in [-0.25, -0.2) is 0 Å². The van der Waals surface area contributed by atoms with Gasteiger partial charge in [-0.05, 0) is 51.4 Å². The molecule has 19 heavy (non-hydrogen) atoms. The minimum atomic E-state index is -0.254. The summed E-state index contributed by atoms with van der Waals surface area (Å²) in [7, 11) is 1.70. The summed E-state index contributed by atoms with van der Waals surface area (Å²) in [5.41, 5.74) is 0.947.